The first kappa shape index (κ1) is 12.4. The first-order valence-electron chi connectivity index (χ1n) is 5.12. The molecular formula is C12H10BrN3O2. The van der Waals surface area contributed by atoms with E-state index in [2.05, 4.69) is 31.4 Å². The Kier molecular flexibility index (Phi) is 3.78. The van der Waals surface area contributed by atoms with Gasteiger partial charge in [-0.25, -0.2) is 5.43 Å². The maximum atomic E-state index is 11.5. The second-order valence-electron chi connectivity index (χ2n) is 3.49. The summed E-state index contributed by atoms with van der Waals surface area (Å²) >= 11 is 3.24. The number of aromatic nitrogens is 1. The quantitative estimate of drug-likeness (QED) is 0.601. The second-order valence-corrected chi connectivity index (χ2v) is 4.40. The predicted molar refractivity (Wildman–Crippen MR) is 71.7 cm³/mol. The van der Waals surface area contributed by atoms with Crippen molar-refractivity contribution < 1.29 is 9.90 Å². The predicted octanol–water partition coefficient (Wildman–Crippen LogP) is 2.25. The summed E-state index contributed by atoms with van der Waals surface area (Å²) in [5.74, 6) is -0.255. The van der Waals surface area contributed by atoms with E-state index >= 15 is 0 Å². The molecule has 1 amide bonds. The third-order valence-corrected chi connectivity index (χ3v) is 2.70. The van der Waals surface area contributed by atoms with Gasteiger partial charge in [-0.15, -0.1) is 0 Å². The number of hydrazone groups is 1. The van der Waals surface area contributed by atoms with E-state index in [1.807, 2.05) is 0 Å². The molecule has 0 saturated heterocycles. The van der Waals surface area contributed by atoms with Gasteiger partial charge >= 0.3 is 0 Å². The third kappa shape index (κ3) is 2.98. The van der Waals surface area contributed by atoms with Crippen molar-refractivity contribution in [2.24, 2.45) is 5.10 Å². The molecule has 0 spiro atoms. The number of benzene rings is 1. The second kappa shape index (κ2) is 5.50. The number of nitrogens with zero attached hydrogens (tertiary/aromatic N) is 1. The van der Waals surface area contributed by atoms with Crippen molar-refractivity contribution in [2.75, 3.05) is 0 Å². The zero-order valence-corrected chi connectivity index (χ0v) is 10.8. The molecule has 2 aromatic rings. The Morgan fingerprint density at radius 3 is 2.94 bits per heavy atom. The highest BCUT2D eigenvalue weighted by atomic mass is 79.9. The molecule has 5 nitrogen and oxygen atoms in total. The average molecular weight is 308 g/mol. The number of H-pyrrole nitrogens is 1. The molecule has 0 aliphatic heterocycles. The molecule has 92 valence electrons. The summed E-state index contributed by atoms with van der Waals surface area (Å²) in [5.41, 5.74) is 3.29. The zero-order valence-electron chi connectivity index (χ0n) is 9.22. The fourth-order valence-electron chi connectivity index (χ4n) is 1.32. The van der Waals surface area contributed by atoms with E-state index in [1.54, 1.807) is 36.5 Å². The van der Waals surface area contributed by atoms with Crippen LogP contribution in [0.3, 0.4) is 0 Å². The Labute approximate surface area is 112 Å². The number of carbonyl (C=O) groups is 1. The molecule has 1 aromatic carbocycles. The summed E-state index contributed by atoms with van der Waals surface area (Å²) in [4.78, 5) is 14.3. The van der Waals surface area contributed by atoms with Crippen LogP contribution >= 0.6 is 15.9 Å². The van der Waals surface area contributed by atoms with Crippen molar-refractivity contribution >= 4 is 28.1 Å². The van der Waals surface area contributed by atoms with Crippen molar-refractivity contribution in [1.82, 2.24) is 10.4 Å². The lowest BCUT2D eigenvalue weighted by molar-refractivity contribution is 0.0951. The highest BCUT2D eigenvalue weighted by Gasteiger charge is 2.03. The van der Waals surface area contributed by atoms with Crippen LogP contribution in [0.15, 0.2) is 46.1 Å². The summed E-state index contributed by atoms with van der Waals surface area (Å²) in [5, 5.41) is 13.4. The minimum Gasteiger partial charge on any atom is -0.507 e. The van der Waals surface area contributed by atoms with Gasteiger partial charge in [0.15, 0.2) is 0 Å². The Bertz CT molecular complexity index is 579. The highest BCUT2D eigenvalue weighted by Crippen LogP contribution is 2.20. The van der Waals surface area contributed by atoms with Gasteiger partial charge in [0.2, 0.25) is 0 Å². The number of hydrogen-bond acceptors (Lipinski definition) is 3. The largest absolute Gasteiger partial charge is 0.507 e. The molecule has 1 heterocycles. The van der Waals surface area contributed by atoms with E-state index in [1.165, 1.54) is 6.21 Å². The van der Waals surface area contributed by atoms with Crippen molar-refractivity contribution in [2.45, 2.75) is 0 Å². The van der Waals surface area contributed by atoms with Crippen molar-refractivity contribution in [3.05, 3.63) is 52.3 Å². The van der Waals surface area contributed by atoms with Gasteiger partial charge in [-0.2, -0.15) is 5.10 Å². The number of phenolic OH excluding ortho intramolecular Hbond substituents is 1. The van der Waals surface area contributed by atoms with Crippen LogP contribution < -0.4 is 5.43 Å². The van der Waals surface area contributed by atoms with Gasteiger partial charge in [0, 0.05) is 16.2 Å². The molecule has 0 aliphatic rings. The van der Waals surface area contributed by atoms with Crippen LogP contribution in [0.2, 0.25) is 0 Å². The molecule has 3 N–H and O–H groups in total. The number of amides is 1. The minimum absolute atomic E-state index is 0.0854. The Morgan fingerprint density at radius 1 is 1.44 bits per heavy atom. The van der Waals surface area contributed by atoms with E-state index in [-0.39, 0.29) is 11.7 Å². The smallest absolute Gasteiger partial charge is 0.287 e. The van der Waals surface area contributed by atoms with Gasteiger partial charge in [-0.05, 0) is 30.3 Å². The Balaban J connectivity index is 2.01. The lowest BCUT2D eigenvalue weighted by Gasteiger charge is -1.99. The van der Waals surface area contributed by atoms with Gasteiger partial charge in [0.25, 0.3) is 5.91 Å². The summed E-state index contributed by atoms with van der Waals surface area (Å²) in [6, 6.07) is 8.37. The van der Waals surface area contributed by atoms with Crippen molar-refractivity contribution in [1.29, 1.82) is 0 Å². The average Bonchev–Trinajstić information content (AvgIpc) is 2.85. The minimum atomic E-state index is -0.340. The van der Waals surface area contributed by atoms with E-state index in [9.17, 15) is 9.90 Å². The number of halogens is 1. The number of nitrogens with one attached hydrogen (secondary N) is 2. The SMILES string of the molecule is O=C(N/N=C/c1ccc(Br)cc1O)c1ccc[nH]1. The van der Waals surface area contributed by atoms with E-state index in [0.717, 1.165) is 4.47 Å². The zero-order chi connectivity index (χ0) is 13.0. The molecule has 1 aromatic heterocycles. The van der Waals surface area contributed by atoms with Crippen LogP contribution in [0, 0.1) is 0 Å². The van der Waals surface area contributed by atoms with Gasteiger partial charge in [-0.1, -0.05) is 15.9 Å². The molecule has 0 radical (unpaired) electrons. The standard InChI is InChI=1S/C12H10BrN3O2/c13-9-4-3-8(11(17)6-9)7-15-16-12(18)10-2-1-5-14-10/h1-7,14,17H,(H,16,18)/b15-7+. The van der Waals surface area contributed by atoms with Gasteiger partial charge in [0.1, 0.15) is 11.4 Å². The lowest BCUT2D eigenvalue weighted by atomic mass is 10.2. The van der Waals surface area contributed by atoms with Crippen molar-refractivity contribution in [3.63, 3.8) is 0 Å². The summed E-state index contributed by atoms with van der Waals surface area (Å²) < 4.78 is 0.771. The molecule has 6 heteroatoms. The van der Waals surface area contributed by atoms with Gasteiger partial charge in [0.05, 0.1) is 6.21 Å². The topological polar surface area (TPSA) is 77.5 Å². The molecule has 0 saturated carbocycles. The summed E-state index contributed by atoms with van der Waals surface area (Å²) in [6.45, 7) is 0. The molecule has 0 fully saturated rings. The fraction of sp³-hybridized carbons (Fsp3) is 0. The van der Waals surface area contributed by atoms with Crippen LogP contribution in [-0.4, -0.2) is 22.2 Å². The van der Waals surface area contributed by atoms with Crippen molar-refractivity contribution in [3.8, 4) is 5.75 Å². The van der Waals surface area contributed by atoms with E-state index in [4.69, 9.17) is 0 Å². The van der Waals surface area contributed by atoms with Gasteiger partial charge in [-0.3, -0.25) is 4.79 Å². The number of aromatic amines is 1. The molecule has 0 unspecified atom stereocenters. The highest BCUT2D eigenvalue weighted by molar-refractivity contribution is 9.10. The normalized spacial score (nSPS) is 10.7. The number of aromatic hydroxyl groups is 1. The Morgan fingerprint density at radius 2 is 2.28 bits per heavy atom. The number of phenols is 1. The maximum Gasteiger partial charge on any atom is 0.287 e. The number of hydrogen-bond donors (Lipinski definition) is 3. The number of rotatable bonds is 3. The van der Waals surface area contributed by atoms with Crippen LogP contribution in [-0.2, 0) is 0 Å². The molecule has 0 aliphatic carbocycles. The van der Waals surface area contributed by atoms with Crippen LogP contribution in [0.1, 0.15) is 16.1 Å². The lowest BCUT2D eigenvalue weighted by Crippen LogP contribution is -2.17. The summed E-state index contributed by atoms with van der Waals surface area (Å²) in [6.07, 6.45) is 3.03. The van der Waals surface area contributed by atoms with Crippen LogP contribution in [0.5, 0.6) is 5.75 Å². The van der Waals surface area contributed by atoms with E-state index in [0.29, 0.717) is 11.3 Å². The molecule has 18 heavy (non-hydrogen) atoms. The molecular weight excluding hydrogens is 298 g/mol. The molecule has 0 atom stereocenters. The third-order valence-electron chi connectivity index (χ3n) is 2.20. The Hall–Kier alpha value is -2.08. The molecule has 0 bridgehead atoms. The molecule has 2 rings (SSSR count). The van der Waals surface area contributed by atoms with Crippen LogP contribution in [0.25, 0.3) is 0 Å². The first-order valence-corrected chi connectivity index (χ1v) is 5.91. The van der Waals surface area contributed by atoms with Gasteiger partial charge < -0.3 is 10.1 Å². The number of carbonyl (C=O) groups excluding carboxylic acids is 1. The van der Waals surface area contributed by atoms with E-state index < -0.39 is 0 Å². The maximum absolute atomic E-state index is 11.5. The fourth-order valence-corrected chi connectivity index (χ4v) is 1.67. The first-order chi connectivity index (χ1) is 8.66. The summed E-state index contributed by atoms with van der Waals surface area (Å²) in [7, 11) is 0. The monoisotopic (exact) mass is 307 g/mol. The van der Waals surface area contributed by atoms with Crippen LogP contribution in [0.4, 0.5) is 0 Å².